The van der Waals surface area contributed by atoms with E-state index in [2.05, 4.69) is 35.1 Å². The molecular formula is C32H65N5O2S. The standard InChI is InChI=1S/C32H65N5O2S/c1-3-5-6-7-8-9-10-11-12-13-14-15-16-21-31(38)37-30(29-40-28-4-2)32(39)36-27-20-26-35-24-18-17-23-34-25-19-22-33/h4,30,34-35H,2-3,5-29,33H2,1H3,(H,36,39)(H,37,38)/t30-/m0/s1. The summed E-state index contributed by atoms with van der Waals surface area (Å²) in [5, 5.41) is 12.8. The molecule has 0 bridgehead atoms. The van der Waals surface area contributed by atoms with Crippen molar-refractivity contribution in [2.75, 3.05) is 50.8 Å². The molecule has 0 heterocycles. The minimum absolute atomic E-state index is 0.0124. The van der Waals surface area contributed by atoms with Crippen molar-refractivity contribution >= 4 is 23.6 Å². The third kappa shape index (κ3) is 28.7. The highest BCUT2D eigenvalue weighted by Crippen LogP contribution is 2.13. The Hall–Kier alpha value is -0.830. The van der Waals surface area contributed by atoms with E-state index in [9.17, 15) is 9.59 Å². The molecule has 40 heavy (non-hydrogen) atoms. The van der Waals surface area contributed by atoms with E-state index in [0.29, 0.717) is 18.7 Å². The van der Waals surface area contributed by atoms with E-state index >= 15 is 0 Å². The maximum atomic E-state index is 12.7. The number of hydrogen-bond donors (Lipinski definition) is 5. The average molecular weight is 584 g/mol. The summed E-state index contributed by atoms with van der Waals surface area (Å²) in [6, 6.07) is -0.487. The molecule has 1 atom stereocenters. The second-order valence-electron chi connectivity index (χ2n) is 10.9. The van der Waals surface area contributed by atoms with E-state index in [-0.39, 0.29) is 11.8 Å². The van der Waals surface area contributed by atoms with Crippen molar-refractivity contribution in [2.24, 2.45) is 5.73 Å². The number of nitrogens with two attached hydrogens (primary N) is 1. The molecule has 8 heteroatoms. The first-order chi connectivity index (χ1) is 19.7. The molecule has 7 nitrogen and oxygen atoms in total. The lowest BCUT2D eigenvalue weighted by Gasteiger charge is -2.18. The molecule has 0 unspecified atom stereocenters. The number of thioether (sulfide) groups is 1. The van der Waals surface area contributed by atoms with Crippen molar-refractivity contribution in [3.63, 3.8) is 0 Å². The van der Waals surface area contributed by atoms with Crippen molar-refractivity contribution in [1.82, 2.24) is 21.3 Å². The molecule has 236 valence electrons. The first-order valence-electron chi connectivity index (χ1n) is 16.5. The van der Waals surface area contributed by atoms with Crippen LogP contribution in [0.2, 0.25) is 0 Å². The minimum Gasteiger partial charge on any atom is -0.354 e. The molecule has 0 aliphatic rings. The molecule has 2 radical (unpaired) electrons. The fraction of sp³-hybridized carbons (Fsp3) is 0.875. The van der Waals surface area contributed by atoms with E-state index in [4.69, 9.17) is 5.73 Å². The third-order valence-corrected chi connectivity index (χ3v) is 8.06. The SMILES string of the molecule is [CH2][CH]CSC[C@H](NC(=O)CCCCCCCCCCCCCCC)C(=O)NCCCNCCCCNCCCN. The molecule has 2 amide bonds. The van der Waals surface area contributed by atoms with Crippen LogP contribution in [-0.2, 0) is 9.59 Å². The summed E-state index contributed by atoms with van der Waals surface area (Å²) >= 11 is 1.62. The first kappa shape index (κ1) is 39.2. The lowest BCUT2D eigenvalue weighted by Crippen LogP contribution is -2.48. The Morgan fingerprint density at radius 1 is 0.725 bits per heavy atom. The molecule has 0 rings (SSSR count). The van der Waals surface area contributed by atoms with Crippen molar-refractivity contribution in [3.05, 3.63) is 13.3 Å². The Morgan fingerprint density at radius 3 is 1.80 bits per heavy atom. The van der Waals surface area contributed by atoms with Crippen LogP contribution in [0, 0.1) is 13.3 Å². The third-order valence-electron chi connectivity index (χ3n) is 7.02. The molecular weight excluding hydrogens is 518 g/mol. The summed E-state index contributed by atoms with van der Waals surface area (Å²) in [5.41, 5.74) is 5.49. The van der Waals surface area contributed by atoms with Crippen molar-refractivity contribution < 1.29 is 9.59 Å². The highest BCUT2D eigenvalue weighted by Gasteiger charge is 2.20. The topological polar surface area (TPSA) is 108 Å². The molecule has 0 aliphatic heterocycles. The Labute approximate surface area is 252 Å². The summed E-state index contributed by atoms with van der Waals surface area (Å²) in [5.74, 6) is 1.24. The summed E-state index contributed by atoms with van der Waals surface area (Å²) in [7, 11) is 0. The normalized spacial score (nSPS) is 12.0. The smallest absolute Gasteiger partial charge is 0.243 e. The Morgan fingerprint density at radius 2 is 1.25 bits per heavy atom. The van der Waals surface area contributed by atoms with Crippen LogP contribution in [0.4, 0.5) is 0 Å². The molecule has 0 aromatic heterocycles. The molecule has 0 spiro atoms. The van der Waals surface area contributed by atoms with Gasteiger partial charge in [-0.3, -0.25) is 9.59 Å². The number of rotatable bonds is 32. The highest BCUT2D eigenvalue weighted by atomic mass is 32.2. The molecule has 0 saturated carbocycles. The average Bonchev–Trinajstić information content (AvgIpc) is 2.95. The van der Waals surface area contributed by atoms with E-state index in [1.54, 1.807) is 11.8 Å². The fourth-order valence-electron chi connectivity index (χ4n) is 4.55. The second-order valence-corrected chi connectivity index (χ2v) is 12.0. The number of carbonyl (C=O) groups is 2. The summed E-state index contributed by atoms with van der Waals surface area (Å²) in [6.45, 7) is 11.3. The van der Waals surface area contributed by atoms with E-state index < -0.39 is 6.04 Å². The van der Waals surface area contributed by atoms with Crippen LogP contribution < -0.4 is 27.0 Å². The number of carbonyl (C=O) groups excluding carboxylic acids is 2. The van der Waals surface area contributed by atoms with E-state index in [1.807, 2.05) is 6.42 Å². The van der Waals surface area contributed by atoms with Crippen LogP contribution in [0.15, 0.2) is 0 Å². The van der Waals surface area contributed by atoms with Gasteiger partial charge in [-0.25, -0.2) is 0 Å². The molecule has 0 aromatic rings. The maximum Gasteiger partial charge on any atom is 0.243 e. The second kappa shape index (κ2) is 32.7. The molecule has 0 aromatic carbocycles. The van der Waals surface area contributed by atoms with Crippen molar-refractivity contribution in [2.45, 2.75) is 129 Å². The largest absolute Gasteiger partial charge is 0.354 e. The zero-order chi connectivity index (χ0) is 29.4. The lowest BCUT2D eigenvalue weighted by atomic mass is 10.0. The van der Waals surface area contributed by atoms with Gasteiger partial charge in [0.25, 0.3) is 0 Å². The van der Waals surface area contributed by atoms with Gasteiger partial charge in [0.1, 0.15) is 6.04 Å². The Bertz CT molecular complexity index is 553. The zero-order valence-electron chi connectivity index (χ0n) is 26.0. The van der Waals surface area contributed by atoms with Gasteiger partial charge in [-0.05, 0) is 83.9 Å². The zero-order valence-corrected chi connectivity index (χ0v) is 26.9. The highest BCUT2D eigenvalue weighted by molar-refractivity contribution is 7.99. The van der Waals surface area contributed by atoms with Crippen LogP contribution in [-0.4, -0.2) is 68.6 Å². The van der Waals surface area contributed by atoms with Gasteiger partial charge in [-0.15, -0.1) is 0 Å². The van der Waals surface area contributed by atoms with Crippen molar-refractivity contribution in [1.29, 1.82) is 0 Å². The predicted molar refractivity (Wildman–Crippen MR) is 175 cm³/mol. The number of unbranched alkanes of at least 4 members (excludes halogenated alkanes) is 13. The van der Waals surface area contributed by atoms with Gasteiger partial charge in [0.05, 0.1) is 0 Å². The number of nitrogens with one attached hydrogen (secondary N) is 4. The maximum absolute atomic E-state index is 12.7. The van der Waals surface area contributed by atoms with Crippen molar-refractivity contribution in [3.8, 4) is 0 Å². The Balaban J connectivity index is 3.87. The quantitative estimate of drug-likeness (QED) is 0.0666. The Kier molecular flexibility index (Phi) is 32.0. The lowest BCUT2D eigenvalue weighted by molar-refractivity contribution is -0.128. The fourth-order valence-corrected chi connectivity index (χ4v) is 5.32. The van der Waals surface area contributed by atoms with Crippen LogP contribution in [0.3, 0.4) is 0 Å². The van der Waals surface area contributed by atoms with Gasteiger partial charge in [-0.1, -0.05) is 84.0 Å². The summed E-state index contributed by atoms with van der Waals surface area (Å²) < 4.78 is 0. The van der Waals surface area contributed by atoms with Gasteiger partial charge >= 0.3 is 0 Å². The van der Waals surface area contributed by atoms with Gasteiger partial charge in [-0.2, -0.15) is 11.8 Å². The summed E-state index contributed by atoms with van der Waals surface area (Å²) in [6.07, 6.45) is 23.3. The monoisotopic (exact) mass is 583 g/mol. The van der Waals surface area contributed by atoms with Crippen LogP contribution in [0.5, 0.6) is 0 Å². The van der Waals surface area contributed by atoms with Crippen LogP contribution in [0.25, 0.3) is 0 Å². The first-order valence-corrected chi connectivity index (χ1v) is 17.7. The van der Waals surface area contributed by atoms with Crippen LogP contribution >= 0.6 is 11.8 Å². The van der Waals surface area contributed by atoms with Gasteiger partial charge in [0.15, 0.2) is 0 Å². The predicted octanol–water partition coefficient (Wildman–Crippen LogP) is 5.54. The van der Waals surface area contributed by atoms with E-state index in [1.165, 1.54) is 70.6 Å². The number of amides is 2. The summed E-state index contributed by atoms with van der Waals surface area (Å²) in [4.78, 5) is 25.3. The van der Waals surface area contributed by atoms with Gasteiger partial charge in [0, 0.05) is 18.7 Å². The molecule has 0 fully saturated rings. The molecule has 0 aliphatic carbocycles. The van der Waals surface area contributed by atoms with Crippen LogP contribution in [0.1, 0.15) is 122 Å². The molecule has 6 N–H and O–H groups in total. The molecule has 0 saturated heterocycles. The van der Waals surface area contributed by atoms with E-state index in [0.717, 1.165) is 77.0 Å². The van der Waals surface area contributed by atoms with Gasteiger partial charge in [0.2, 0.25) is 11.8 Å². The minimum atomic E-state index is -0.487. The number of hydrogen-bond acceptors (Lipinski definition) is 6. The van der Waals surface area contributed by atoms with Gasteiger partial charge < -0.3 is 27.0 Å².